The largest absolute Gasteiger partial charge is 0.143 e. The molecular weight excluding hydrogens is 312 g/mol. The molecule has 0 saturated heterocycles. The van der Waals surface area contributed by atoms with Gasteiger partial charge in [-0.05, 0) is 40.9 Å². The third-order valence-electron chi connectivity index (χ3n) is 2.12. The summed E-state index contributed by atoms with van der Waals surface area (Å²) in [6.07, 6.45) is 0. The molecule has 0 aliphatic carbocycles. The van der Waals surface area contributed by atoms with Crippen molar-refractivity contribution in [3.05, 3.63) is 33.1 Å². The number of halogens is 2. The highest BCUT2D eigenvalue weighted by atomic mass is 79.9. The molecule has 0 saturated carbocycles. The average molecular weight is 320 g/mol. The summed E-state index contributed by atoms with van der Waals surface area (Å²) >= 11 is 8.91. The summed E-state index contributed by atoms with van der Waals surface area (Å²) in [5.41, 5.74) is 2.67. The average Bonchev–Trinajstić information content (AvgIpc) is 2.59. The van der Waals surface area contributed by atoms with E-state index in [0.29, 0.717) is 0 Å². The first-order valence-electron chi connectivity index (χ1n) is 3.95. The lowest BCUT2D eigenvalue weighted by Crippen LogP contribution is -1.84. The maximum absolute atomic E-state index is 3.62. The van der Waals surface area contributed by atoms with Gasteiger partial charge in [0.15, 0.2) is 0 Å². The third-order valence-corrected chi connectivity index (χ3v) is 4.88. The summed E-state index contributed by atoms with van der Waals surface area (Å²) in [4.78, 5) is 0. The number of hydrogen-bond donors (Lipinski definition) is 0. The Morgan fingerprint density at radius 2 is 2.23 bits per heavy atom. The monoisotopic (exact) mass is 318 g/mol. The van der Waals surface area contributed by atoms with Crippen molar-refractivity contribution in [3.8, 4) is 0 Å². The molecule has 2 rings (SSSR count). The van der Waals surface area contributed by atoms with Crippen LogP contribution in [0.25, 0.3) is 10.1 Å². The van der Waals surface area contributed by atoms with Crippen molar-refractivity contribution in [2.75, 3.05) is 0 Å². The summed E-state index contributed by atoms with van der Waals surface area (Å²) in [5, 5.41) is 4.39. The van der Waals surface area contributed by atoms with Crippen molar-refractivity contribution >= 4 is 53.3 Å². The van der Waals surface area contributed by atoms with Crippen LogP contribution >= 0.6 is 43.2 Å². The van der Waals surface area contributed by atoms with Gasteiger partial charge in [0.25, 0.3) is 0 Å². The van der Waals surface area contributed by atoms with E-state index in [0.717, 1.165) is 5.33 Å². The highest BCUT2D eigenvalue weighted by Gasteiger charge is 2.07. The number of rotatable bonds is 1. The summed E-state index contributed by atoms with van der Waals surface area (Å²) in [6.45, 7) is 2.16. The van der Waals surface area contributed by atoms with Gasteiger partial charge >= 0.3 is 0 Å². The van der Waals surface area contributed by atoms with E-state index in [1.54, 1.807) is 11.3 Å². The van der Waals surface area contributed by atoms with Crippen LogP contribution in [0.15, 0.2) is 22.0 Å². The first-order valence-corrected chi connectivity index (χ1v) is 6.74. The predicted octanol–water partition coefficient (Wildman–Crippen LogP) is 4.87. The fraction of sp³-hybridized carbons (Fsp3) is 0.200. The van der Waals surface area contributed by atoms with E-state index in [9.17, 15) is 0 Å². The van der Waals surface area contributed by atoms with Crippen molar-refractivity contribution in [2.24, 2.45) is 0 Å². The first kappa shape index (κ1) is 9.69. The van der Waals surface area contributed by atoms with E-state index in [1.807, 2.05) is 0 Å². The molecule has 0 fully saturated rings. The normalized spacial score (nSPS) is 11.0. The van der Waals surface area contributed by atoms with Gasteiger partial charge in [-0.25, -0.2) is 0 Å². The van der Waals surface area contributed by atoms with Gasteiger partial charge in [-0.2, -0.15) is 0 Å². The fourth-order valence-electron chi connectivity index (χ4n) is 1.43. The number of benzene rings is 1. The SMILES string of the molecule is Cc1c(Br)c(CBr)cc2ccsc12. The molecule has 0 bridgehead atoms. The second kappa shape index (κ2) is 3.71. The predicted molar refractivity (Wildman–Crippen MR) is 66.9 cm³/mol. The number of thiophene rings is 1. The minimum absolute atomic E-state index is 0.903. The minimum atomic E-state index is 0.903. The van der Waals surface area contributed by atoms with Crippen LogP contribution in [-0.2, 0) is 5.33 Å². The van der Waals surface area contributed by atoms with E-state index >= 15 is 0 Å². The number of alkyl halides is 1. The highest BCUT2D eigenvalue weighted by molar-refractivity contribution is 9.10. The molecular formula is C10H8Br2S. The molecule has 1 aromatic carbocycles. The number of hydrogen-bond acceptors (Lipinski definition) is 1. The van der Waals surface area contributed by atoms with Gasteiger partial charge < -0.3 is 0 Å². The van der Waals surface area contributed by atoms with Gasteiger partial charge in [0.2, 0.25) is 0 Å². The molecule has 0 N–H and O–H groups in total. The van der Waals surface area contributed by atoms with Crippen molar-refractivity contribution in [1.82, 2.24) is 0 Å². The fourth-order valence-corrected chi connectivity index (χ4v) is 3.72. The second-order valence-corrected chi connectivity index (χ2v) is 5.22. The molecule has 0 radical (unpaired) electrons. The zero-order chi connectivity index (χ0) is 9.42. The molecule has 0 aliphatic heterocycles. The Bertz CT molecular complexity index is 445. The molecule has 13 heavy (non-hydrogen) atoms. The topological polar surface area (TPSA) is 0 Å². The van der Waals surface area contributed by atoms with Crippen LogP contribution in [0.1, 0.15) is 11.1 Å². The third kappa shape index (κ3) is 1.58. The lowest BCUT2D eigenvalue weighted by Gasteiger charge is -2.05. The molecule has 0 atom stereocenters. The minimum Gasteiger partial charge on any atom is -0.143 e. The molecule has 0 amide bonds. The standard InChI is InChI=1S/C10H8Br2S/c1-6-9(12)8(5-11)4-7-2-3-13-10(6)7/h2-4H,5H2,1H3. The molecule has 2 aromatic rings. The maximum Gasteiger partial charge on any atom is 0.0383 e. The van der Waals surface area contributed by atoms with Gasteiger partial charge in [0, 0.05) is 14.5 Å². The Morgan fingerprint density at radius 3 is 2.92 bits per heavy atom. The summed E-state index contributed by atoms with van der Waals surface area (Å²) < 4.78 is 2.62. The van der Waals surface area contributed by atoms with E-state index in [4.69, 9.17) is 0 Å². The Morgan fingerprint density at radius 1 is 1.46 bits per heavy atom. The Hall–Kier alpha value is 0.140. The van der Waals surface area contributed by atoms with Gasteiger partial charge in [-0.1, -0.05) is 31.9 Å². The number of aryl methyl sites for hydroxylation is 1. The second-order valence-electron chi connectivity index (χ2n) is 2.95. The highest BCUT2D eigenvalue weighted by Crippen LogP contribution is 2.33. The van der Waals surface area contributed by atoms with Crippen LogP contribution in [0.3, 0.4) is 0 Å². The smallest absolute Gasteiger partial charge is 0.0383 e. The van der Waals surface area contributed by atoms with Crippen molar-refractivity contribution in [1.29, 1.82) is 0 Å². The molecule has 0 nitrogen and oxygen atoms in total. The van der Waals surface area contributed by atoms with Crippen LogP contribution in [0.2, 0.25) is 0 Å². The first-order chi connectivity index (χ1) is 6.24. The van der Waals surface area contributed by atoms with Crippen LogP contribution in [0.4, 0.5) is 0 Å². The van der Waals surface area contributed by atoms with Gasteiger partial charge in [0.05, 0.1) is 0 Å². The lowest BCUT2D eigenvalue weighted by atomic mass is 10.1. The van der Waals surface area contributed by atoms with E-state index in [2.05, 4.69) is 56.3 Å². The van der Waals surface area contributed by atoms with Crippen LogP contribution < -0.4 is 0 Å². The molecule has 68 valence electrons. The van der Waals surface area contributed by atoms with E-state index < -0.39 is 0 Å². The summed E-state index contributed by atoms with van der Waals surface area (Å²) in [5.74, 6) is 0. The molecule has 1 heterocycles. The molecule has 0 spiro atoms. The molecule has 3 heteroatoms. The van der Waals surface area contributed by atoms with Crippen molar-refractivity contribution < 1.29 is 0 Å². The number of fused-ring (bicyclic) bond motifs is 1. The molecule has 0 unspecified atom stereocenters. The zero-order valence-electron chi connectivity index (χ0n) is 7.10. The molecule has 0 aliphatic rings. The Balaban J connectivity index is 2.83. The Labute approximate surface area is 98.2 Å². The molecule has 1 aromatic heterocycles. The Kier molecular flexibility index (Phi) is 2.77. The van der Waals surface area contributed by atoms with E-state index in [1.165, 1.54) is 25.7 Å². The van der Waals surface area contributed by atoms with Crippen LogP contribution in [-0.4, -0.2) is 0 Å². The summed E-state index contributed by atoms with van der Waals surface area (Å²) in [6, 6.07) is 4.41. The summed E-state index contributed by atoms with van der Waals surface area (Å²) in [7, 11) is 0. The van der Waals surface area contributed by atoms with Crippen molar-refractivity contribution in [2.45, 2.75) is 12.3 Å². The van der Waals surface area contributed by atoms with Crippen molar-refractivity contribution in [3.63, 3.8) is 0 Å². The van der Waals surface area contributed by atoms with Gasteiger partial charge in [-0.15, -0.1) is 11.3 Å². The van der Waals surface area contributed by atoms with Crippen LogP contribution in [0, 0.1) is 6.92 Å². The van der Waals surface area contributed by atoms with E-state index in [-0.39, 0.29) is 0 Å². The zero-order valence-corrected chi connectivity index (χ0v) is 11.1. The maximum atomic E-state index is 3.62. The lowest BCUT2D eigenvalue weighted by molar-refractivity contribution is 1.37. The quantitative estimate of drug-likeness (QED) is 0.658. The van der Waals surface area contributed by atoms with Gasteiger partial charge in [-0.3, -0.25) is 0 Å². The van der Waals surface area contributed by atoms with Gasteiger partial charge in [0.1, 0.15) is 0 Å². The van der Waals surface area contributed by atoms with Crippen LogP contribution in [0.5, 0.6) is 0 Å².